The van der Waals surface area contributed by atoms with Crippen LogP contribution in [0.1, 0.15) is 12.8 Å². The third-order valence-corrected chi connectivity index (χ3v) is 5.11. The van der Waals surface area contributed by atoms with E-state index in [0.29, 0.717) is 0 Å². The molecule has 0 amide bonds. The fraction of sp³-hybridized carbons (Fsp3) is 0.400. The Morgan fingerprint density at radius 1 is 0.733 bits per heavy atom. The summed E-state index contributed by atoms with van der Waals surface area (Å²) in [5, 5.41) is 8.42. The van der Waals surface area contributed by atoms with Gasteiger partial charge in [-0.1, -0.05) is 36.4 Å². The molecule has 0 aliphatic carbocycles. The summed E-state index contributed by atoms with van der Waals surface area (Å²) in [7, 11) is 8.45. The van der Waals surface area contributed by atoms with Gasteiger partial charge in [0.05, 0.1) is 11.2 Å². The van der Waals surface area contributed by atoms with Crippen molar-refractivity contribution in [1.82, 2.24) is 14.8 Å². The van der Waals surface area contributed by atoms with Crippen LogP contribution in [0, 0.1) is 0 Å². The molecule has 30 heavy (non-hydrogen) atoms. The number of rotatable bonds is 11. The molecule has 2 N–H and O–H groups in total. The van der Waals surface area contributed by atoms with Crippen molar-refractivity contribution >= 4 is 22.3 Å². The molecule has 0 radical (unpaired) electrons. The summed E-state index contributed by atoms with van der Waals surface area (Å²) in [5.41, 5.74) is 5.45. The summed E-state index contributed by atoms with van der Waals surface area (Å²) in [5.74, 6) is 0. The molecule has 0 unspecified atom stereocenters. The Hall–Kier alpha value is -2.63. The predicted molar refractivity (Wildman–Crippen MR) is 131 cm³/mol. The number of para-hydroxylation sites is 2. The molecule has 1 aromatic heterocycles. The quantitative estimate of drug-likeness (QED) is 0.455. The van der Waals surface area contributed by atoms with Crippen molar-refractivity contribution < 1.29 is 0 Å². The van der Waals surface area contributed by atoms with E-state index in [1.54, 1.807) is 0 Å². The maximum absolute atomic E-state index is 4.98. The number of hydrogen-bond donors (Lipinski definition) is 2. The van der Waals surface area contributed by atoms with Crippen molar-refractivity contribution in [2.45, 2.75) is 12.8 Å². The molecule has 0 aliphatic heterocycles. The molecule has 2 aromatic carbocycles. The van der Waals surface area contributed by atoms with Crippen LogP contribution >= 0.6 is 0 Å². The minimum atomic E-state index is 0.941. The maximum Gasteiger partial charge on any atom is 0.0751 e. The SMILES string of the molecule is CN(C)CCCNc1ccccc1-c1cc(NCCCN(C)C)c2ccccc2n1. The van der Waals surface area contributed by atoms with Crippen LogP contribution < -0.4 is 10.6 Å². The fourth-order valence-corrected chi connectivity index (χ4v) is 3.56. The molecule has 3 rings (SSSR count). The number of pyridine rings is 1. The molecule has 0 atom stereocenters. The van der Waals surface area contributed by atoms with Crippen LogP contribution in [0.5, 0.6) is 0 Å². The second-order valence-electron chi connectivity index (χ2n) is 8.29. The standard InChI is InChI=1S/C25H35N5/c1-29(2)17-9-15-26-22-13-7-5-11-20(22)25-19-24(27-16-10-18-30(3)4)21-12-6-8-14-23(21)28-25/h5-8,11-14,19,26H,9-10,15-18H2,1-4H3,(H,27,28). The molecular weight excluding hydrogens is 370 g/mol. The van der Waals surface area contributed by atoms with Gasteiger partial charge in [0, 0.05) is 35.4 Å². The molecule has 0 spiro atoms. The van der Waals surface area contributed by atoms with Crippen molar-refractivity contribution in [3.8, 4) is 11.3 Å². The van der Waals surface area contributed by atoms with Gasteiger partial charge in [0.2, 0.25) is 0 Å². The minimum absolute atomic E-state index is 0.941. The van der Waals surface area contributed by atoms with E-state index in [4.69, 9.17) is 4.98 Å². The van der Waals surface area contributed by atoms with Crippen LogP contribution in [0.3, 0.4) is 0 Å². The first-order chi connectivity index (χ1) is 14.5. The van der Waals surface area contributed by atoms with Crippen LogP contribution in [-0.2, 0) is 0 Å². The lowest BCUT2D eigenvalue weighted by atomic mass is 10.1. The average Bonchev–Trinajstić information content (AvgIpc) is 2.74. The number of fused-ring (bicyclic) bond motifs is 1. The summed E-state index contributed by atoms with van der Waals surface area (Å²) < 4.78 is 0. The van der Waals surface area contributed by atoms with E-state index in [-0.39, 0.29) is 0 Å². The van der Waals surface area contributed by atoms with Crippen molar-refractivity contribution in [2.75, 3.05) is 65.0 Å². The number of anilines is 2. The topological polar surface area (TPSA) is 43.4 Å². The highest BCUT2D eigenvalue weighted by atomic mass is 15.1. The molecule has 0 fully saturated rings. The smallest absolute Gasteiger partial charge is 0.0751 e. The molecule has 3 aromatic rings. The van der Waals surface area contributed by atoms with Gasteiger partial charge in [-0.15, -0.1) is 0 Å². The van der Waals surface area contributed by atoms with Crippen molar-refractivity contribution in [3.63, 3.8) is 0 Å². The largest absolute Gasteiger partial charge is 0.384 e. The number of nitrogens with one attached hydrogen (secondary N) is 2. The van der Waals surface area contributed by atoms with Gasteiger partial charge in [-0.2, -0.15) is 0 Å². The first kappa shape index (κ1) is 22.1. The van der Waals surface area contributed by atoms with Gasteiger partial charge in [-0.3, -0.25) is 0 Å². The maximum atomic E-state index is 4.98. The highest BCUT2D eigenvalue weighted by molar-refractivity contribution is 5.94. The van der Waals surface area contributed by atoms with Gasteiger partial charge in [0.1, 0.15) is 0 Å². The molecule has 0 aliphatic rings. The zero-order valence-corrected chi connectivity index (χ0v) is 18.8. The number of benzene rings is 2. The zero-order valence-electron chi connectivity index (χ0n) is 18.8. The van der Waals surface area contributed by atoms with Crippen molar-refractivity contribution in [3.05, 3.63) is 54.6 Å². The van der Waals surface area contributed by atoms with Gasteiger partial charge in [0.15, 0.2) is 0 Å². The second kappa shape index (κ2) is 11.0. The summed E-state index contributed by atoms with van der Waals surface area (Å²) in [4.78, 5) is 9.42. The van der Waals surface area contributed by atoms with Crippen LogP contribution in [0.25, 0.3) is 22.2 Å². The lowest BCUT2D eigenvalue weighted by molar-refractivity contribution is 0.405. The van der Waals surface area contributed by atoms with Crippen LogP contribution in [-0.4, -0.2) is 69.2 Å². The summed E-state index contributed by atoms with van der Waals surface area (Å²) >= 11 is 0. The van der Waals surface area contributed by atoms with E-state index >= 15 is 0 Å². The Morgan fingerprint density at radius 3 is 2.03 bits per heavy atom. The van der Waals surface area contributed by atoms with Gasteiger partial charge in [0.25, 0.3) is 0 Å². The van der Waals surface area contributed by atoms with E-state index in [1.807, 2.05) is 0 Å². The molecule has 1 heterocycles. The number of aromatic nitrogens is 1. The van der Waals surface area contributed by atoms with E-state index in [2.05, 4.69) is 103 Å². The average molecular weight is 406 g/mol. The minimum Gasteiger partial charge on any atom is -0.384 e. The molecule has 0 saturated carbocycles. The zero-order chi connectivity index (χ0) is 21.3. The van der Waals surface area contributed by atoms with E-state index in [1.165, 1.54) is 5.39 Å². The third-order valence-electron chi connectivity index (χ3n) is 5.11. The number of hydrogen-bond acceptors (Lipinski definition) is 5. The Balaban J connectivity index is 1.85. The Kier molecular flexibility index (Phi) is 8.05. The van der Waals surface area contributed by atoms with Crippen LogP contribution in [0.2, 0.25) is 0 Å². The highest BCUT2D eigenvalue weighted by Crippen LogP contribution is 2.32. The van der Waals surface area contributed by atoms with Gasteiger partial charge >= 0.3 is 0 Å². The first-order valence-corrected chi connectivity index (χ1v) is 10.8. The number of nitrogens with zero attached hydrogens (tertiary/aromatic N) is 3. The summed E-state index contributed by atoms with van der Waals surface area (Å²) in [6.45, 7) is 4.03. The van der Waals surface area contributed by atoms with Crippen LogP contribution in [0.15, 0.2) is 54.6 Å². The van der Waals surface area contributed by atoms with Crippen LogP contribution in [0.4, 0.5) is 11.4 Å². The molecule has 5 heteroatoms. The first-order valence-electron chi connectivity index (χ1n) is 10.8. The molecule has 0 bridgehead atoms. The fourth-order valence-electron chi connectivity index (χ4n) is 3.56. The molecular formula is C25H35N5. The van der Waals surface area contributed by atoms with Gasteiger partial charge in [-0.25, -0.2) is 4.98 Å². The normalized spacial score (nSPS) is 11.4. The molecule has 160 valence electrons. The second-order valence-corrected chi connectivity index (χ2v) is 8.29. The third kappa shape index (κ3) is 6.18. The monoisotopic (exact) mass is 405 g/mol. The lowest BCUT2D eigenvalue weighted by Gasteiger charge is -2.16. The molecule has 5 nitrogen and oxygen atoms in total. The predicted octanol–water partition coefficient (Wildman–Crippen LogP) is 4.63. The van der Waals surface area contributed by atoms with Gasteiger partial charge in [-0.05, 0) is 72.3 Å². The lowest BCUT2D eigenvalue weighted by Crippen LogP contribution is -2.16. The van der Waals surface area contributed by atoms with E-state index in [0.717, 1.165) is 67.2 Å². The summed E-state index contributed by atoms with van der Waals surface area (Å²) in [6.07, 6.45) is 2.20. The molecule has 0 saturated heterocycles. The summed E-state index contributed by atoms with van der Waals surface area (Å²) in [6, 6.07) is 19.0. The van der Waals surface area contributed by atoms with Crippen molar-refractivity contribution in [2.24, 2.45) is 0 Å². The Labute approximate surface area is 181 Å². The van der Waals surface area contributed by atoms with Gasteiger partial charge < -0.3 is 20.4 Å². The Bertz CT molecular complexity index is 936. The van der Waals surface area contributed by atoms with E-state index < -0.39 is 0 Å². The highest BCUT2D eigenvalue weighted by Gasteiger charge is 2.10. The Morgan fingerprint density at radius 2 is 1.33 bits per heavy atom. The van der Waals surface area contributed by atoms with E-state index in [9.17, 15) is 0 Å². The van der Waals surface area contributed by atoms with Crippen molar-refractivity contribution in [1.29, 1.82) is 0 Å².